The van der Waals surface area contributed by atoms with Gasteiger partial charge < -0.3 is 26.4 Å². The molecule has 2 aliphatic heterocycles. The van der Waals surface area contributed by atoms with Crippen LogP contribution in [0, 0.1) is 5.92 Å². The molecule has 2 fully saturated rings. The van der Waals surface area contributed by atoms with E-state index in [0.29, 0.717) is 25.8 Å². The van der Waals surface area contributed by atoms with Crippen LogP contribution in [0.5, 0.6) is 0 Å². The van der Waals surface area contributed by atoms with Gasteiger partial charge in [-0.2, -0.15) is 9.78 Å². The summed E-state index contributed by atoms with van der Waals surface area (Å²) in [4.78, 5) is 58.8. The number of carbonyl (C=O) groups is 4. The largest absolute Gasteiger partial charge is 0.370 e. The minimum Gasteiger partial charge on any atom is -0.370 e. The molecule has 4 atom stereocenters. The third-order valence-electron chi connectivity index (χ3n) is 5.08. The maximum absolute atomic E-state index is 12.8. The van der Waals surface area contributed by atoms with Gasteiger partial charge in [0.15, 0.2) is 0 Å². The fourth-order valence-corrected chi connectivity index (χ4v) is 3.37. The second-order valence-corrected chi connectivity index (χ2v) is 7.28. The molecule has 11 heteroatoms. The van der Waals surface area contributed by atoms with Crippen LogP contribution in [-0.2, 0) is 29.0 Å². The van der Waals surface area contributed by atoms with E-state index >= 15 is 0 Å². The van der Waals surface area contributed by atoms with Gasteiger partial charge in [-0.3, -0.25) is 19.2 Å². The lowest BCUT2D eigenvalue weighted by Crippen LogP contribution is -2.57. The molecule has 2 rings (SSSR count). The van der Waals surface area contributed by atoms with Crippen molar-refractivity contribution in [2.45, 2.75) is 70.6 Å². The van der Waals surface area contributed by atoms with Crippen molar-refractivity contribution in [2.24, 2.45) is 11.7 Å². The quantitative estimate of drug-likeness (QED) is 0.270. The molecule has 0 bridgehead atoms. The number of nitrogens with two attached hydrogens (primary N) is 1. The van der Waals surface area contributed by atoms with Gasteiger partial charge in [-0.15, -0.1) is 0 Å². The van der Waals surface area contributed by atoms with E-state index < -0.39 is 47.7 Å². The Balaban J connectivity index is 2.11. The number of aliphatic hydroxyl groups is 1. The Kier molecular flexibility index (Phi) is 6.96. The van der Waals surface area contributed by atoms with Crippen LogP contribution in [0.3, 0.4) is 0 Å². The molecule has 158 valence electrons. The summed E-state index contributed by atoms with van der Waals surface area (Å²) in [6.07, 6.45) is 1.28. The van der Waals surface area contributed by atoms with Gasteiger partial charge in [0, 0.05) is 13.5 Å². The molecule has 2 aliphatic rings. The first kappa shape index (κ1) is 22.1. The van der Waals surface area contributed by atoms with Crippen LogP contribution in [0.1, 0.15) is 46.5 Å². The van der Waals surface area contributed by atoms with Gasteiger partial charge in [0.05, 0.1) is 6.42 Å². The zero-order valence-electron chi connectivity index (χ0n) is 16.3. The number of likely N-dealkylation sites (tertiary alicyclic amines) is 1. The van der Waals surface area contributed by atoms with Crippen LogP contribution in [0.25, 0.3) is 0 Å². The van der Waals surface area contributed by atoms with Crippen LogP contribution in [0.4, 0.5) is 0 Å². The first-order chi connectivity index (χ1) is 13.1. The Bertz CT molecular complexity index is 621. The first-order valence-electron chi connectivity index (χ1n) is 9.34. The summed E-state index contributed by atoms with van der Waals surface area (Å²) >= 11 is 0. The highest BCUT2D eigenvalue weighted by atomic mass is 17.4. The predicted molar refractivity (Wildman–Crippen MR) is 94.7 cm³/mol. The van der Waals surface area contributed by atoms with E-state index in [2.05, 4.69) is 20.4 Å². The van der Waals surface area contributed by atoms with Crippen LogP contribution >= 0.6 is 0 Å². The van der Waals surface area contributed by atoms with Gasteiger partial charge in [0.1, 0.15) is 18.1 Å². The average molecular weight is 400 g/mol. The molecule has 4 amide bonds. The molecule has 0 aromatic rings. The minimum absolute atomic E-state index is 0.149. The van der Waals surface area contributed by atoms with Gasteiger partial charge >= 0.3 is 5.97 Å². The topological polar surface area (TPSA) is 167 Å². The molecule has 0 radical (unpaired) electrons. The smallest absolute Gasteiger partial charge is 0.358 e. The standard InChI is InChI=1S/C17H28N4O7/c1-4-9(2)14(17(26)27-28-17)20-15(24)12-6-5-7-21(12)16(25)11(8-13(18)23)19-10(3)22/h9,11-12,14,26H,4-8H2,1-3H3,(H2,18,23)(H,19,22)(H,20,24)/t9-,11-,12-,14-/m0/s1. The second-order valence-electron chi connectivity index (χ2n) is 7.28. The number of rotatable bonds is 9. The average Bonchev–Trinajstić information content (AvgIpc) is 3.17. The second kappa shape index (κ2) is 8.84. The zero-order valence-corrected chi connectivity index (χ0v) is 16.3. The summed E-state index contributed by atoms with van der Waals surface area (Å²) in [6, 6.07) is -2.74. The molecule has 5 N–H and O–H groups in total. The zero-order chi connectivity index (χ0) is 21.1. The SMILES string of the molecule is CC[C@H](C)[C@H](NC(=O)[C@@H]1CCCN1C(=O)[C@H](CC(N)=O)NC(C)=O)C1(O)OO1. The van der Waals surface area contributed by atoms with Gasteiger partial charge in [-0.25, -0.2) is 0 Å². The summed E-state index contributed by atoms with van der Waals surface area (Å²) < 4.78 is 0. The number of nitrogens with zero attached hydrogens (tertiary/aromatic N) is 1. The van der Waals surface area contributed by atoms with E-state index in [0.717, 1.165) is 0 Å². The predicted octanol–water partition coefficient (Wildman–Crippen LogP) is -1.50. The van der Waals surface area contributed by atoms with Crippen molar-refractivity contribution in [3.63, 3.8) is 0 Å². The van der Waals surface area contributed by atoms with Crippen molar-refractivity contribution < 1.29 is 34.1 Å². The van der Waals surface area contributed by atoms with E-state index in [1.807, 2.05) is 13.8 Å². The Morgan fingerprint density at radius 3 is 2.43 bits per heavy atom. The Hall–Kier alpha value is -2.24. The third kappa shape index (κ3) is 5.18. The number of nitrogens with one attached hydrogen (secondary N) is 2. The number of primary amides is 1. The van der Waals surface area contributed by atoms with E-state index in [4.69, 9.17) is 5.73 Å². The lowest BCUT2D eigenvalue weighted by atomic mass is 9.97. The van der Waals surface area contributed by atoms with Gasteiger partial charge in [-0.1, -0.05) is 20.3 Å². The Morgan fingerprint density at radius 1 is 1.29 bits per heavy atom. The molecule has 11 nitrogen and oxygen atoms in total. The molecule has 0 unspecified atom stereocenters. The fourth-order valence-electron chi connectivity index (χ4n) is 3.37. The highest BCUT2D eigenvalue weighted by Gasteiger charge is 2.57. The van der Waals surface area contributed by atoms with Crippen molar-refractivity contribution in [3.8, 4) is 0 Å². The Labute approximate surface area is 162 Å². The molecule has 28 heavy (non-hydrogen) atoms. The van der Waals surface area contributed by atoms with E-state index in [1.165, 1.54) is 11.8 Å². The number of amides is 4. The molecule has 2 heterocycles. The molecule has 0 spiro atoms. The first-order valence-corrected chi connectivity index (χ1v) is 9.34. The van der Waals surface area contributed by atoms with Crippen molar-refractivity contribution in [2.75, 3.05) is 6.54 Å². The third-order valence-corrected chi connectivity index (χ3v) is 5.08. The van der Waals surface area contributed by atoms with Crippen molar-refractivity contribution in [1.82, 2.24) is 15.5 Å². The van der Waals surface area contributed by atoms with Crippen molar-refractivity contribution in [3.05, 3.63) is 0 Å². The van der Waals surface area contributed by atoms with Crippen LogP contribution < -0.4 is 16.4 Å². The highest BCUT2D eigenvalue weighted by Crippen LogP contribution is 2.35. The molecule has 0 aliphatic carbocycles. The fraction of sp³-hybridized carbons (Fsp3) is 0.765. The number of carbonyl (C=O) groups excluding carboxylic acids is 4. The lowest BCUT2D eigenvalue weighted by Gasteiger charge is -2.30. The lowest BCUT2D eigenvalue weighted by molar-refractivity contribution is -0.143. The van der Waals surface area contributed by atoms with Crippen molar-refractivity contribution >= 4 is 23.6 Å². The molecule has 0 saturated carbocycles. The molecule has 2 saturated heterocycles. The number of hydrogen-bond acceptors (Lipinski definition) is 7. The molecular formula is C17H28N4O7. The van der Waals surface area contributed by atoms with Crippen LogP contribution in [0.2, 0.25) is 0 Å². The number of hydrogen-bond donors (Lipinski definition) is 4. The van der Waals surface area contributed by atoms with E-state index in [1.54, 1.807) is 0 Å². The highest BCUT2D eigenvalue weighted by molar-refractivity contribution is 5.94. The summed E-state index contributed by atoms with van der Waals surface area (Å²) in [5.41, 5.74) is 5.17. The minimum atomic E-state index is -1.87. The molecule has 0 aromatic carbocycles. The summed E-state index contributed by atoms with van der Waals surface area (Å²) in [6.45, 7) is 5.24. The van der Waals surface area contributed by atoms with Gasteiger partial charge in [0.2, 0.25) is 23.6 Å². The maximum atomic E-state index is 12.8. The summed E-state index contributed by atoms with van der Waals surface area (Å²) in [7, 11) is 0. The summed E-state index contributed by atoms with van der Waals surface area (Å²) in [5, 5.41) is 15.2. The summed E-state index contributed by atoms with van der Waals surface area (Å²) in [5.74, 6) is -4.27. The maximum Gasteiger partial charge on any atom is 0.358 e. The normalized spacial score (nSPS) is 23.4. The van der Waals surface area contributed by atoms with Crippen LogP contribution in [0.15, 0.2) is 0 Å². The monoisotopic (exact) mass is 400 g/mol. The molecular weight excluding hydrogens is 372 g/mol. The van der Waals surface area contributed by atoms with Crippen molar-refractivity contribution in [1.29, 1.82) is 0 Å². The Morgan fingerprint density at radius 2 is 1.93 bits per heavy atom. The van der Waals surface area contributed by atoms with E-state index in [9.17, 15) is 24.3 Å². The van der Waals surface area contributed by atoms with E-state index in [-0.39, 0.29) is 12.3 Å². The van der Waals surface area contributed by atoms with Crippen LogP contribution in [-0.4, -0.2) is 64.3 Å². The van der Waals surface area contributed by atoms with Gasteiger partial charge in [0.25, 0.3) is 0 Å². The molecule has 0 aromatic heterocycles. The van der Waals surface area contributed by atoms with Gasteiger partial charge in [-0.05, 0) is 18.8 Å².